The average molecular weight is 260 g/mol. The molecule has 2 atom stereocenters. The maximum absolute atomic E-state index is 3.39. The smallest absolute Gasteiger partial charge is 0.0388 e. The Kier molecular flexibility index (Phi) is 5.00. The highest BCUT2D eigenvalue weighted by Crippen LogP contribution is 2.36. The van der Waals surface area contributed by atoms with E-state index in [0.29, 0.717) is 6.04 Å². The second-order valence-electron chi connectivity index (χ2n) is 6.03. The third kappa shape index (κ3) is 3.18. The van der Waals surface area contributed by atoms with Gasteiger partial charge in [-0.2, -0.15) is 0 Å². The van der Waals surface area contributed by atoms with E-state index in [-0.39, 0.29) is 0 Å². The van der Waals surface area contributed by atoms with Gasteiger partial charge in [0.2, 0.25) is 0 Å². The van der Waals surface area contributed by atoms with Crippen LogP contribution in [0.1, 0.15) is 42.0 Å². The van der Waals surface area contributed by atoms with Gasteiger partial charge in [0, 0.05) is 6.04 Å². The fraction of sp³-hybridized carbons (Fsp3) is 0.647. The molecule has 0 bridgehead atoms. The first kappa shape index (κ1) is 14.5. The Bertz CT molecular complexity index is 414. The van der Waals surface area contributed by atoms with Crippen LogP contribution in [-0.2, 0) is 0 Å². The lowest BCUT2D eigenvalue weighted by Gasteiger charge is -2.34. The molecule has 0 radical (unpaired) electrons. The highest BCUT2D eigenvalue weighted by atomic mass is 15.1. The van der Waals surface area contributed by atoms with Crippen molar-refractivity contribution in [2.75, 3.05) is 27.2 Å². The second-order valence-corrected chi connectivity index (χ2v) is 6.03. The maximum Gasteiger partial charge on any atom is 0.0388 e. The van der Waals surface area contributed by atoms with Crippen LogP contribution in [0.4, 0.5) is 0 Å². The van der Waals surface area contributed by atoms with Crippen molar-refractivity contribution in [2.24, 2.45) is 5.92 Å². The molecule has 1 aliphatic heterocycles. The van der Waals surface area contributed by atoms with Gasteiger partial charge in [0.1, 0.15) is 0 Å². The number of nitrogens with one attached hydrogen (secondary N) is 1. The van der Waals surface area contributed by atoms with Crippen LogP contribution in [0.25, 0.3) is 0 Å². The molecule has 2 unspecified atom stereocenters. The third-order valence-corrected chi connectivity index (χ3v) is 4.69. The summed E-state index contributed by atoms with van der Waals surface area (Å²) >= 11 is 0. The largest absolute Gasteiger partial charge is 0.319 e. The van der Waals surface area contributed by atoms with Gasteiger partial charge in [0.25, 0.3) is 0 Å². The molecule has 2 heteroatoms. The second kappa shape index (κ2) is 6.53. The highest BCUT2D eigenvalue weighted by molar-refractivity contribution is 5.36. The van der Waals surface area contributed by atoms with Crippen LogP contribution >= 0.6 is 0 Å². The van der Waals surface area contributed by atoms with Gasteiger partial charge in [-0.15, -0.1) is 0 Å². The average Bonchev–Trinajstić information content (AvgIpc) is 2.56. The van der Waals surface area contributed by atoms with Crippen molar-refractivity contribution in [3.05, 3.63) is 34.9 Å². The molecule has 1 aromatic carbocycles. The number of benzene rings is 1. The Balaban J connectivity index is 2.37. The van der Waals surface area contributed by atoms with E-state index in [1.54, 1.807) is 0 Å². The van der Waals surface area contributed by atoms with Crippen LogP contribution in [0.15, 0.2) is 18.2 Å². The molecular weight excluding hydrogens is 232 g/mol. The Hall–Kier alpha value is -0.860. The first-order valence-electron chi connectivity index (χ1n) is 7.56. The summed E-state index contributed by atoms with van der Waals surface area (Å²) in [7, 11) is 4.37. The molecule has 0 amide bonds. The zero-order valence-corrected chi connectivity index (χ0v) is 12.9. The lowest BCUT2D eigenvalue weighted by atomic mass is 9.86. The minimum atomic E-state index is 0.565. The van der Waals surface area contributed by atoms with Gasteiger partial charge in [-0.1, -0.05) is 24.6 Å². The number of likely N-dealkylation sites (tertiary alicyclic amines) is 1. The molecular formula is C17H28N2. The lowest BCUT2D eigenvalue weighted by molar-refractivity contribution is 0.190. The van der Waals surface area contributed by atoms with Crippen molar-refractivity contribution in [2.45, 2.75) is 39.2 Å². The van der Waals surface area contributed by atoms with Crippen LogP contribution in [-0.4, -0.2) is 32.1 Å². The highest BCUT2D eigenvalue weighted by Gasteiger charge is 2.29. The van der Waals surface area contributed by atoms with Gasteiger partial charge >= 0.3 is 0 Å². The molecule has 2 rings (SSSR count). The van der Waals surface area contributed by atoms with Crippen molar-refractivity contribution in [3.63, 3.8) is 0 Å². The van der Waals surface area contributed by atoms with E-state index >= 15 is 0 Å². The molecule has 106 valence electrons. The first-order chi connectivity index (χ1) is 9.15. The predicted molar refractivity (Wildman–Crippen MR) is 82.6 cm³/mol. The topological polar surface area (TPSA) is 15.3 Å². The molecule has 1 fully saturated rings. The van der Waals surface area contributed by atoms with Crippen molar-refractivity contribution in [1.29, 1.82) is 0 Å². The Labute approximate surface area is 118 Å². The van der Waals surface area contributed by atoms with E-state index in [2.05, 4.69) is 56.4 Å². The molecule has 0 saturated carbocycles. The van der Waals surface area contributed by atoms with E-state index in [0.717, 1.165) is 12.5 Å². The molecule has 1 saturated heterocycles. The van der Waals surface area contributed by atoms with Gasteiger partial charge in [-0.25, -0.2) is 0 Å². The van der Waals surface area contributed by atoms with Gasteiger partial charge in [0.05, 0.1) is 0 Å². The summed E-state index contributed by atoms with van der Waals surface area (Å²) in [5, 5.41) is 3.39. The molecule has 1 aliphatic rings. The summed E-state index contributed by atoms with van der Waals surface area (Å²) < 4.78 is 0. The molecule has 1 aromatic rings. The Morgan fingerprint density at radius 1 is 1.26 bits per heavy atom. The van der Waals surface area contributed by atoms with Gasteiger partial charge < -0.3 is 5.32 Å². The summed E-state index contributed by atoms with van der Waals surface area (Å²) in [4.78, 5) is 2.57. The van der Waals surface area contributed by atoms with E-state index in [9.17, 15) is 0 Å². The van der Waals surface area contributed by atoms with Crippen molar-refractivity contribution in [1.82, 2.24) is 10.2 Å². The van der Waals surface area contributed by atoms with Crippen LogP contribution in [0, 0.1) is 19.8 Å². The van der Waals surface area contributed by atoms with Gasteiger partial charge in [-0.3, -0.25) is 4.90 Å². The summed E-state index contributed by atoms with van der Waals surface area (Å²) in [5.41, 5.74) is 4.42. The van der Waals surface area contributed by atoms with E-state index in [1.165, 1.54) is 42.5 Å². The van der Waals surface area contributed by atoms with Crippen LogP contribution < -0.4 is 5.32 Å². The third-order valence-electron chi connectivity index (χ3n) is 4.69. The molecule has 0 aromatic heterocycles. The number of hydrogen-bond donors (Lipinski definition) is 1. The van der Waals surface area contributed by atoms with Crippen molar-refractivity contribution >= 4 is 0 Å². The molecule has 1 N–H and O–H groups in total. The summed E-state index contributed by atoms with van der Waals surface area (Å²) in [6.45, 7) is 6.84. The summed E-state index contributed by atoms with van der Waals surface area (Å²) in [5.74, 6) is 0.720. The maximum atomic E-state index is 3.39. The molecule has 2 nitrogen and oxygen atoms in total. The monoisotopic (exact) mass is 260 g/mol. The van der Waals surface area contributed by atoms with Gasteiger partial charge in [0.15, 0.2) is 0 Å². The quantitative estimate of drug-likeness (QED) is 0.897. The zero-order valence-electron chi connectivity index (χ0n) is 12.9. The summed E-state index contributed by atoms with van der Waals surface area (Å²) in [6.07, 6.45) is 4.03. The standard InChI is InChI=1S/C17H28N2/c1-13-8-7-10-16(14(13)2)17-15(12-18-3)9-5-6-11-19(17)4/h7-8,10,15,17-18H,5-6,9,11-12H2,1-4H3. The molecule has 0 spiro atoms. The fourth-order valence-electron chi connectivity index (χ4n) is 3.49. The number of hydrogen-bond acceptors (Lipinski definition) is 2. The first-order valence-corrected chi connectivity index (χ1v) is 7.56. The minimum absolute atomic E-state index is 0.565. The number of nitrogens with zero attached hydrogens (tertiary/aromatic N) is 1. The molecule has 0 aliphatic carbocycles. The SMILES string of the molecule is CNCC1CCCCN(C)C1c1cccc(C)c1C. The van der Waals surface area contributed by atoms with Crippen LogP contribution in [0.3, 0.4) is 0 Å². The molecule has 19 heavy (non-hydrogen) atoms. The normalized spacial score (nSPS) is 25.3. The van der Waals surface area contributed by atoms with Crippen molar-refractivity contribution < 1.29 is 0 Å². The van der Waals surface area contributed by atoms with Crippen LogP contribution in [0.2, 0.25) is 0 Å². The zero-order chi connectivity index (χ0) is 13.8. The Morgan fingerprint density at radius 3 is 2.79 bits per heavy atom. The van der Waals surface area contributed by atoms with Crippen molar-refractivity contribution in [3.8, 4) is 0 Å². The number of rotatable bonds is 3. The van der Waals surface area contributed by atoms with E-state index < -0.39 is 0 Å². The van der Waals surface area contributed by atoms with Crippen LogP contribution in [0.5, 0.6) is 0 Å². The molecule has 1 heterocycles. The van der Waals surface area contributed by atoms with E-state index in [1.807, 2.05) is 0 Å². The lowest BCUT2D eigenvalue weighted by Crippen LogP contribution is -2.34. The Morgan fingerprint density at radius 2 is 2.05 bits per heavy atom. The number of aryl methyl sites for hydroxylation is 1. The summed E-state index contributed by atoms with van der Waals surface area (Å²) in [6, 6.07) is 7.34. The fourth-order valence-corrected chi connectivity index (χ4v) is 3.49. The predicted octanol–water partition coefficient (Wildman–Crippen LogP) is 3.30. The van der Waals surface area contributed by atoms with Gasteiger partial charge in [-0.05, 0) is 76.5 Å². The minimum Gasteiger partial charge on any atom is -0.319 e. The van der Waals surface area contributed by atoms with E-state index in [4.69, 9.17) is 0 Å².